The number of fused-ring (bicyclic) bond motifs is 1. The summed E-state index contributed by atoms with van der Waals surface area (Å²) < 4.78 is 7.61. The largest absolute Gasteiger partial charge is 0.481 e. The number of para-hydroxylation sites is 1. The summed E-state index contributed by atoms with van der Waals surface area (Å²) in [6.07, 6.45) is -0.155. The van der Waals surface area contributed by atoms with Crippen LogP contribution in [0.25, 0.3) is 11.0 Å². The molecular formula is C18H17ClN4O4. The highest BCUT2D eigenvalue weighted by molar-refractivity contribution is 6.32. The van der Waals surface area contributed by atoms with Gasteiger partial charge in [0.15, 0.2) is 5.75 Å². The van der Waals surface area contributed by atoms with E-state index in [1.807, 2.05) is 12.1 Å². The second-order valence-electron chi connectivity index (χ2n) is 5.80. The number of aromatic nitrogens is 2. The first-order valence-electron chi connectivity index (χ1n) is 8.05. The second kappa shape index (κ2) is 7.55. The lowest BCUT2D eigenvalue weighted by atomic mass is 10.2. The Morgan fingerprint density at radius 2 is 2.07 bits per heavy atom. The Morgan fingerprint density at radius 3 is 2.78 bits per heavy atom. The molecule has 0 fully saturated rings. The normalized spacial score (nSPS) is 10.7. The zero-order chi connectivity index (χ0) is 19.6. The summed E-state index contributed by atoms with van der Waals surface area (Å²) in [5, 5.41) is 11.4. The number of nitrogens with two attached hydrogens (primary N) is 1. The fourth-order valence-electron chi connectivity index (χ4n) is 2.52. The van der Waals surface area contributed by atoms with Crippen LogP contribution in [0.3, 0.4) is 0 Å². The summed E-state index contributed by atoms with van der Waals surface area (Å²) in [5.74, 6) is -0.193. The molecule has 1 heterocycles. The number of carboxylic acids is 1. The molecule has 140 valence electrons. The van der Waals surface area contributed by atoms with E-state index in [9.17, 15) is 9.59 Å². The van der Waals surface area contributed by atoms with Crippen LogP contribution in [0.4, 0.5) is 5.95 Å². The Balaban J connectivity index is 1.80. The van der Waals surface area contributed by atoms with Crippen LogP contribution in [0.15, 0.2) is 36.4 Å². The van der Waals surface area contributed by atoms with E-state index in [2.05, 4.69) is 10.3 Å². The molecule has 0 saturated carbocycles. The van der Waals surface area contributed by atoms with Crippen molar-refractivity contribution in [3.05, 3.63) is 47.0 Å². The molecular weight excluding hydrogens is 372 g/mol. The number of hydrogen-bond donors (Lipinski definition) is 3. The number of aryl methyl sites for hydroxylation is 1. The quantitative estimate of drug-likeness (QED) is 0.597. The summed E-state index contributed by atoms with van der Waals surface area (Å²) in [5.41, 5.74) is 7.57. The molecule has 9 heteroatoms. The first kappa shape index (κ1) is 18.5. The molecule has 0 aliphatic heterocycles. The number of halogens is 1. The van der Waals surface area contributed by atoms with Crippen LogP contribution in [-0.4, -0.2) is 33.1 Å². The summed E-state index contributed by atoms with van der Waals surface area (Å²) >= 11 is 6.25. The Morgan fingerprint density at radius 1 is 1.30 bits per heavy atom. The third kappa shape index (κ3) is 3.95. The number of anilines is 1. The fraction of sp³-hybridized carbons (Fsp3) is 0.167. The van der Waals surface area contributed by atoms with Gasteiger partial charge in [-0.05, 0) is 30.3 Å². The van der Waals surface area contributed by atoms with Gasteiger partial charge in [-0.2, -0.15) is 0 Å². The van der Waals surface area contributed by atoms with Crippen molar-refractivity contribution < 1.29 is 19.4 Å². The lowest BCUT2D eigenvalue weighted by Crippen LogP contribution is -2.25. The number of rotatable bonds is 6. The summed E-state index contributed by atoms with van der Waals surface area (Å²) in [7, 11) is 1.80. The minimum Gasteiger partial charge on any atom is -0.481 e. The van der Waals surface area contributed by atoms with Gasteiger partial charge in [-0.3, -0.25) is 9.59 Å². The van der Waals surface area contributed by atoms with Crippen molar-refractivity contribution in [2.75, 3.05) is 12.3 Å². The highest BCUT2D eigenvalue weighted by atomic mass is 35.5. The Labute approximate surface area is 159 Å². The number of imidazole rings is 1. The van der Waals surface area contributed by atoms with Crippen LogP contribution in [0.1, 0.15) is 16.8 Å². The molecule has 1 aromatic heterocycles. The van der Waals surface area contributed by atoms with Gasteiger partial charge in [-0.1, -0.05) is 17.7 Å². The summed E-state index contributed by atoms with van der Waals surface area (Å²) in [4.78, 5) is 26.8. The number of nitrogens with zero attached hydrogens (tertiary/aromatic N) is 2. The van der Waals surface area contributed by atoms with Crippen LogP contribution in [0.2, 0.25) is 5.02 Å². The van der Waals surface area contributed by atoms with E-state index in [1.54, 1.807) is 29.8 Å². The van der Waals surface area contributed by atoms with E-state index >= 15 is 0 Å². The minimum atomic E-state index is -0.985. The minimum absolute atomic E-state index is 0.0349. The third-order valence-corrected chi connectivity index (χ3v) is 4.24. The average Bonchev–Trinajstić information content (AvgIpc) is 2.92. The van der Waals surface area contributed by atoms with Crippen LogP contribution >= 0.6 is 11.6 Å². The first-order chi connectivity index (χ1) is 12.9. The van der Waals surface area contributed by atoms with Gasteiger partial charge in [0.25, 0.3) is 5.91 Å². The van der Waals surface area contributed by atoms with Gasteiger partial charge in [0.05, 0.1) is 17.0 Å². The molecule has 0 unspecified atom stereocenters. The van der Waals surface area contributed by atoms with Crippen molar-refractivity contribution in [1.29, 1.82) is 0 Å². The molecule has 0 bridgehead atoms. The maximum atomic E-state index is 12.0. The van der Waals surface area contributed by atoms with E-state index in [0.29, 0.717) is 28.5 Å². The number of aliphatic carboxylic acids is 1. The molecule has 0 aliphatic rings. The molecule has 0 atom stereocenters. The lowest BCUT2D eigenvalue weighted by molar-refractivity contribution is -0.136. The SMILES string of the molecule is Cn1c(N)nc2c(Oc3ccc(C(=O)NCCC(=O)O)cc3Cl)cccc21. The highest BCUT2D eigenvalue weighted by Gasteiger charge is 2.14. The average molecular weight is 389 g/mol. The van der Waals surface area contributed by atoms with Crippen molar-refractivity contribution in [1.82, 2.24) is 14.9 Å². The van der Waals surface area contributed by atoms with Crippen molar-refractivity contribution in [3.8, 4) is 11.5 Å². The monoisotopic (exact) mass is 388 g/mol. The van der Waals surface area contributed by atoms with E-state index in [1.165, 1.54) is 6.07 Å². The molecule has 8 nitrogen and oxygen atoms in total. The fourth-order valence-corrected chi connectivity index (χ4v) is 2.74. The van der Waals surface area contributed by atoms with Gasteiger partial charge >= 0.3 is 5.97 Å². The summed E-state index contributed by atoms with van der Waals surface area (Å²) in [6.45, 7) is 0.0349. The standard InChI is InChI=1S/C18H17ClN4O4/c1-23-12-3-2-4-14(16(12)22-18(23)20)27-13-6-5-10(9-11(13)19)17(26)21-8-7-15(24)25/h2-6,9H,7-8H2,1H3,(H2,20,22)(H,21,26)(H,24,25). The third-order valence-electron chi connectivity index (χ3n) is 3.95. The first-order valence-corrected chi connectivity index (χ1v) is 8.43. The van der Waals surface area contributed by atoms with Gasteiger partial charge in [0, 0.05) is 19.2 Å². The molecule has 27 heavy (non-hydrogen) atoms. The number of amides is 1. The number of nitrogen functional groups attached to an aromatic ring is 1. The van der Waals surface area contributed by atoms with Gasteiger partial charge in [-0.15, -0.1) is 0 Å². The number of carboxylic acid groups (broad SMARTS) is 1. The predicted octanol–water partition coefficient (Wildman–Crippen LogP) is 2.81. The maximum absolute atomic E-state index is 12.0. The van der Waals surface area contributed by atoms with Crippen molar-refractivity contribution >= 4 is 40.5 Å². The summed E-state index contributed by atoms with van der Waals surface area (Å²) in [6, 6.07) is 10.0. The molecule has 3 aromatic rings. The van der Waals surface area contributed by atoms with Crippen molar-refractivity contribution in [3.63, 3.8) is 0 Å². The Bertz CT molecular complexity index is 1030. The Kier molecular flexibility index (Phi) is 5.18. The highest BCUT2D eigenvalue weighted by Crippen LogP contribution is 2.34. The smallest absolute Gasteiger partial charge is 0.305 e. The van der Waals surface area contributed by atoms with Crippen LogP contribution in [0, 0.1) is 0 Å². The van der Waals surface area contributed by atoms with E-state index < -0.39 is 11.9 Å². The Hall–Kier alpha value is -3.26. The number of ether oxygens (including phenoxy) is 1. The molecule has 1 amide bonds. The van der Waals surface area contributed by atoms with E-state index in [-0.39, 0.29) is 18.0 Å². The molecule has 3 rings (SSSR count). The van der Waals surface area contributed by atoms with Crippen LogP contribution in [-0.2, 0) is 11.8 Å². The zero-order valence-corrected chi connectivity index (χ0v) is 15.2. The van der Waals surface area contributed by atoms with Crippen LogP contribution in [0.5, 0.6) is 11.5 Å². The number of benzene rings is 2. The van der Waals surface area contributed by atoms with Gasteiger partial charge in [-0.25, -0.2) is 4.98 Å². The number of hydrogen-bond acceptors (Lipinski definition) is 5. The van der Waals surface area contributed by atoms with Gasteiger partial charge < -0.3 is 25.5 Å². The molecule has 2 aromatic carbocycles. The topological polar surface area (TPSA) is 119 Å². The maximum Gasteiger partial charge on any atom is 0.305 e. The molecule has 0 radical (unpaired) electrons. The molecule has 0 aliphatic carbocycles. The van der Waals surface area contributed by atoms with E-state index in [4.69, 9.17) is 27.2 Å². The number of carbonyl (C=O) groups is 2. The molecule has 4 N–H and O–H groups in total. The van der Waals surface area contributed by atoms with E-state index in [0.717, 1.165) is 5.52 Å². The number of nitrogens with one attached hydrogen (secondary N) is 1. The number of carbonyl (C=O) groups excluding carboxylic acids is 1. The van der Waals surface area contributed by atoms with Crippen molar-refractivity contribution in [2.45, 2.75) is 6.42 Å². The lowest BCUT2D eigenvalue weighted by Gasteiger charge is -2.10. The van der Waals surface area contributed by atoms with Gasteiger partial charge in [0.1, 0.15) is 11.3 Å². The van der Waals surface area contributed by atoms with Gasteiger partial charge in [0.2, 0.25) is 5.95 Å². The predicted molar refractivity (Wildman–Crippen MR) is 101 cm³/mol. The van der Waals surface area contributed by atoms with Crippen LogP contribution < -0.4 is 15.8 Å². The molecule has 0 spiro atoms. The second-order valence-corrected chi connectivity index (χ2v) is 6.21. The van der Waals surface area contributed by atoms with Crippen molar-refractivity contribution in [2.24, 2.45) is 7.05 Å². The zero-order valence-electron chi connectivity index (χ0n) is 14.4. The molecule has 0 saturated heterocycles.